The smallest absolute Gasteiger partial charge is 0.320 e. The molecule has 2 heterocycles. The standard InChI is InChI=1S/C20H22ClNO3/c21-16-7-3-2-6-15(16)19-10-9-14(25-19)12-22-17-8-4-1-5-13(17)11-18(22)20(23)24/h2-3,6-7,9-10,13,17-18H,1,4-5,8,11-12H2,(H,23,24). The molecule has 0 spiro atoms. The lowest BCUT2D eigenvalue weighted by atomic mass is 9.85. The van der Waals surface area contributed by atoms with Gasteiger partial charge in [-0.1, -0.05) is 36.6 Å². The number of rotatable bonds is 4. The van der Waals surface area contributed by atoms with Gasteiger partial charge >= 0.3 is 5.97 Å². The van der Waals surface area contributed by atoms with Gasteiger partial charge < -0.3 is 9.52 Å². The molecule has 4 nitrogen and oxygen atoms in total. The van der Waals surface area contributed by atoms with Crippen LogP contribution in [0, 0.1) is 5.92 Å². The van der Waals surface area contributed by atoms with Crippen LogP contribution in [0.3, 0.4) is 0 Å². The van der Waals surface area contributed by atoms with Crippen molar-refractivity contribution in [3.05, 3.63) is 47.2 Å². The summed E-state index contributed by atoms with van der Waals surface area (Å²) in [5.41, 5.74) is 0.863. The van der Waals surface area contributed by atoms with Crippen molar-refractivity contribution in [1.29, 1.82) is 0 Å². The lowest BCUT2D eigenvalue weighted by molar-refractivity contribution is -0.143. The number of nitrogens with zero attached hydrogens (tertiary/aromatic N) is 1. The number of carboxylic acid groups (broad SMARTS) is 1. The Balaban J connectivity index is 1.56. The van der Waals surface area contributed by atoms with Gasteiger partial charge in [-0.15, -0.1) is 0 Å². The second-order valence-corrected chi connectivity index (χ2v) is 7.53. The fourth-order valence-corrected chi connectivity index (χ4v) is 4.70. The lowest BCUT2D eigenvalue weighted by Crippen LogP contribution is -2.41. The summed E-state index contributed by atoms with van der Waals surface area (Å²) < 4.78 is 6.00. The van der Waals surface area contributed by atoms with Crippen LogP contribution in [0.2, 0.25) is 5.02 Å². The van der Waals surface area contributed by atoms with E-state index in [1.54, 1.807) is 0 Å². The quantitative estimate of drug-likeness (QED) is 0.850. The molecule has 5 heteroatoms. The van der Waals surface area contributed by atoms with Gasteiger partial charge in [0.25, 0.3) is 0 Å². The Morgan fingerprint density at radius 1 is 1.20 bits per heavy atom. The van der Waals surface area contributed by atoms with Gasteiger partial charge in [-0.25, -0.2) is 0 Å². The summed E-state index contributed by atoms with van der Waals surface area (Å²) in [5, 5.41) is 10.3. The van der Waals surface area contributed by atoms with Crippen LogP contribution in [0.25, 0.3) is 11.3 Å². The van der Waals surface area contributed by atoms with Crippen LogP contribution in [-0.4, -0.2) is 28.1 Å². The number of aliphatic carboxylic acids is 1. The Morgan fingerprint density at radius 2 is 2.00 bits per heavy atom. The number of halogens is 1. The van der Waals surface area contributed by atoms with E-state index in [2.05, 4.69) is 4.90 Å². The number of benzene rings is 1. The van der Waals surface area contributed by atoms with E-state index < -0.39 is 12.0 Å². The fourth-order valence-electron chi connectivity index (χ4n) is 4.47. The zero-order valence-corrected chi connectivity index (χ0v) is 14.8. The van der Waals surface area contributed by atoms with Crippen molar-refractivity contribution in [1.82, 2.24) is 4.90 Å². The van der Waals surface area contributed by atoms with Gasteiger partial charge in [0.1, 0.15) is 17.6 Å². The molecule has 4 rings (SSSR count). The number of carbonyl (C=O) groups is 1. The van der Waals surface area contributed by atoms with Gasteiger partial charge in [0, 0.05) is 11.6 Å². The minimum atomic E-state index is -0.715. The van der Waals surface area contributed by atoms with Crippen LogP contribution in [0.4, 0.5) is 0 Å². The van der Waals surface area contributed by atoms with Gasteiger partial charge in [0.15, 0.2) is 0 Å². The van der Waals surface area contributed by atoms with Crippen molar-refractivity contribution >= 4 is 17.6 Å². The maximum absolute atomic E-state index is 11.7. The second kappa shape index (κ2) is 6.85. The summed E-state index contributed by atoms with van der Waals surface area (Å²) in [6.45, 7) is 0.544. The highest BCUT2D eigenvalue weighted by molar-refractivity contribution is 6.33. The number of hydrogen-bond acceptors (Lipinski definition) is 3. The highest BCUT2D eigenvalue weighted by atomic mass is 35.5. The van der Waals surface area contributed by atoms with E-state index in [0.717, 1.165) is 36.3 Å². The summed E-state index contributed by atoms with van der Waals surface area (Å²) in [6, 6.07) is 11.4. The Labute approximate surface area is 152 Å². The minimum Gasteiger partial charge on any atom is -0.480 e. The van der Waals surface area contributed by atoms with Crippen molar-refractivity contribution < 1.29 is 14.3 Å². The van der Waals surface area contributed by atoms with Crippen molar-refractivity contribution in [3.8, 4) is 11.3 Å². The molecule has 1 aliphatic heterocycles. The van der Waals surface area contributed by atoms with Crippen molar-refractivity contribution in [3.63, 3.8) is 0 Å². The van der Waals surface area contributed by atoms with Gasteiger partial charge in [0.2, 0.25) is 0 Å². The Bertz CT molecular complexity index is 772. The van der Waals surface area contributed by atoms with Gasteiger partial charge in [-0.3, -0.25) is 9.69 Å². The average Bonchev–Trinajstić information content (AvgIpc) is 3.21. The summed E-state index contributed by atoms with van der Waals surface area (Å²) in [7, 11) is 0. The van der Waals surface area contributed by atoms with Gasteiger partial charge in [0.05, 0.1) is 11.6 Å². The van der Waals surface area contributed by atoms with Crippen molar-refractivity contribution in [2.45, 2.75) is 50.7 Å². The minimum absolute atomic E-state index is 0.365. The number of hydrogen-bond donors (Lipinski definition) is 1. The van der Waals surface area contributed by atoms with Crippen LogP contribution in [0.15, 0.2) is 40.8 Å². The van der Waals surface area contributed by atoms with Crippen LogP contribution in [-0.2, 0) is 11.3 Å². The highest BCUT2D eigenvalue weighted by Gasteiger charge is 2.45. The molecular weight excluding hydrogens is 338 g/mol. The summed E-state index contributed by atoms with van der Waals surface area (Å²) in [5.74, 6) is 1.32. The molecular formula is C20H22ClNO3. The zero-order valence-electron chi connectivity index (χ0n) is 14.0. The third-order valence-electron chi connectivity index (χ3n) is 5.65. The van der Waals surface area contributed by atoms with E-state index in [0.29, 0.717) is 23.5 Å². The monoisotopic (exact) mass is 359 g/mol. The molecule has 1 saturated carbocycles. The Morgan fingerprint density at radius 3 is 2.80 bits per heavy atom. The molecule has 1 aromatic carbocycles. The van der Waals surface area contributed by atoms with Crippen LogP contribution >= 0.6 is 11.6 Å². The first-order valence-electron chi connectivity index (χ1n) is 8.95. The zero-order chi connectivity index (χ0) is 17.4. The molecule has 2 aromatic rings. The SMILES string of the molecule is O=C(O)C1CC2CCCCC2N1Cc1ccc(-c2ccccc2Cl)o1. The molecule has 0 bridgehead atoms. The predicted molar refractivity (Wildman–Crippen MR) is 96.5 cm³/mol. The van der Waals surface area contributed by atoms with E-state index in [4.69, 9.17) is 16.0 Å². The molecule has 0 amide bonds. The third-order valence-corrected chi connectivity index (χ3v) is 5.98. The number of likely N-dealkylation sites (tertiary alicyclic amines) is 1. The molecule has 1 saturated heterocycles. The highest BCUT2D eigenvalue weighted by Crippen LogP contribution is 2.41. The molecule has 2 aliphatic rings. The maximum Gasteiger partial charge on any atom is 0.320 e. The second-order valence-electron chi connectivity index (χ2n) is 7.12. The molecule has 1 aromatic heterocycles. The molecule has 132 valence electrons. The van der Waals surface area contributed by atoms with E-state index in [1.807, 2.05) is 36.4 Å². The van der Waals surface area contributed by atoms with Crippen LogP contribution in [0.1, 0.15) is 37.9 Å². The summed E-state index contributed by atoms with van der Waals surface area (Å²) in [6.07, 6.45) is 5.41. The molecule has 0 radical (unpaired) electrons. The third kappa shape index (κ3) is 3.21. The van der Waals surface area contributed by atoms with Gasteiger partial charge in [-0.05, 0) is 49.4 Å². The number of furan rings is 1. The number of fused-ring (bicyclic) bond motifs is 1. The van der Waals surface area contributed by atoms with E-state index >= 15 is 0 Å². The van der Waals surface area contributed by atoms with E-state index in [1.165, 1.54) is 12.8 Å². The van der Waals surface area contributed by atoms with Crippen LogP contribution in [0.5, 0.6) is 0 Å². The molecule has 1 N–H and O–H groups in total. The predicted octanol–water partition coefficient (Wildman–Crippen LogP) is 4.82. The lowest BCUT2D eigenvalue weighted by Gasteiger charge is -2.32. The average molecular weight is 360 g/mol. The Hall–Kier alpha value is -1.78. The van der Waals surface area contributed by atoms with E-state index in [-0.39, 0.29) is 0 Å². The molecule has 1 aliphatic carbocycles. The van der Waals surface area contributed by atoms with Gasteiger partial charge in [-0.2, -0.15) is 0 Å². The summed E-state index contributed by atoms with van der Waals surface area (Å²) in [4.78, 5) is 13.9. The fraction of sp³-hybridized carbons (Fsp3) is 0.450. The topological polar surface area (TPSA) is 53.7 Å². The normalized spacial score (nSPS) is 26.5. The first-order valence-corrected chi connectivity index (χ1v) is 9.33. The first-order chi connectivity index (χ1) is 12.1. The van der Waals surface area contributed by atoms with Crippen molar-refractivity contribution in [2.75, 3.05) is 0 Å². The van der Waals surface area contributed by atoms with Crippen molar-refractivity contribution in [2.24, 2.45) is 5.92 Å². The maximum atomic E-state index is 11.7. The summed E-state index contributed by atoms with van der Waals surface area (Å²) >= 11 is 6.25. The Kier molecular flexibility index (Phi) is 4.57. The molecule has 3 unspecified atom stereocenters. The molecule has 25 heavy (non-hydrogen) atoms. The first kappa shape index (κ1) is 16.7. The number of carboxylic acids is 1. The largest absolute Gasteiger partial charge is 0.480 e. The molecule has 3 atom stereocenters. The molecule has 2 fully saturated rings. The van der Waals surface area contributed by atoms with E-state index in [9.17, 15) is 9.90 Å². The van der Waals surface area contributed by atoms with Crippen LogP contribution < -0.4 is 0 Å².